The molecule has 1 aliphatic carbocycles. The lowest BCUT2D eigenvalue weighted by atomic mass is 9.65. The van der Waals surface area contributed by atoms with E-state index in [9.17, 15) is 9.59 Å². The van der Waals surface area contributed by atoms with Crippen LogP contribution < -0.4 is 9.47 Å². The highest BCUT2D eigenvalue weighted by Gasteiger charge is 2.36. The summed E-state index contributed by atoms with van der Waals surface area (Å²) in [5, 5.41) is 0. The van der Waals surface area contributed by atoms with Gasteiger partial charge in [-0.1, -0.05) is 89.8 Å². The van der Waals surface area contributed by atoms with Gasteiger partial charge in [-0.3, -0.25) is 4.79 Å². The lowest BCUT2D eigenvalue weighted by Crippen LogP contribution is -2.30. The van der Waals surface area contributed by atoms with Crippen LogP contribution in [0.1, 0.15) is 125 Å². The highest BCUT2D eigenvalue weighted by molar-refractivity contribution is 6.02. The maximum Gasteiger partial charge on any atom is 0.343 e. The molecule has 4 rings (SSSR count). The van der Waals surface area contributed by atoms with Gasteiger partial charge < -0.3 is 9.47 Å². The van der Waals surface area contributed by atoms with Crippen molar-refractivity contribution in [3.8, 4) is 11.5 Å². The third-order valence-electron chi connectivity index (χ3n) is 8.83. The lowest BCUT2D eigenvalue weighted by Gasteiger charge is -2.39. The summed E-state index contributed by atoms with van der Waals surface area (Å²) in [6.45, 7) is 12.4. The number of Topliss-reactive ketones (excluding diaryl/α,β-unsaturated/α-hetero) is 1. The van der Waals surface area contributed by atoms with Crippen molar-refractivity contribution in [2.45, 2.75) is 104 Å². The van der Waals surface area contributed by atoms with Gasteiger partial charge >= 0.3 is 5.97 Å². The largest absolute Gasteiger partial charge is 0.488 e. The predicted molar refractivity (Wildman–Crippen MR) is 166 cm³/mol. The number of hydrogen-bond donors (Lipinski definition) is 0. The Labute approximate surface area is 246 Å². The van der Waals surface area contributed by atoms with Crippen LogP contribution in [0.5, 0.6) is 11.5 Å². The van der Waals surface area contributed by atoms with Crippen molar-refractivity contribution in [3.05, 3.63) is 95.1 Å². The molecule has 1 aliphatic rings. The first-order chi connectivity index (χ1) is 19.5. The molecule has 0 atom stereocenters. The fraction of sp³-hybridized carbons (Fsp3) is 0.459. The Morgan fingerprint density at radius 1 is 0.756 bits per heavy atom. The Hall–Kier alpha value is -3.40. The number of benzene rings is 3. The van der Waals surface area contributed by atoms with E-state index in [1.807, 2.05) is 26.0 Å². The van der Waals surface area contributed by atoms with Crippen molar-refractivity contribution in [1.29, 1.82) is 0 Å². The molecular formula is C37H46O4. The van der Waals surface area contributed by atoms with Gasteiger partial charge in [-0.2, -0.15) is 0 Å². The second kappa shape index (κ2) is 12.6. The minimum Gasteiger partial charge on any atom is -0.488 e. The smallest absolute Gasteiger partial charge is 0.343 e. The third-order valence-corrected chi connectivity index (χ3v) is 8.83. The molecule has 0 bridgehead atoms. The van der Waals surface area contributed by atoms with Crippen LogP contribution in [-0.2, 0) is 5.41 Å². The average molecular weight is 555 g/mol. The Morgan fingerprint density at radius 3 is 1.88 bits per heavy atom. The number of ether oxygens (including phenoxy) is 2. The van der Waals surface area contributed by atoms with E-state index in [-0.39, 0.29) is 16.8 Å². The highest BCUT2D eigenvalue weighted by atomic mass is 16.5. The molecule has 0 aromatic heterocycles. The SMILES string of the molecule is CCCC(C)(C)C(=O)c1cccc(C(=O)Oc2ccc(C3(c4ccc(OC(C)(C)CC)cc4)CCCCC3)cc2)c1. The van der Waals surface area contributed by atoms with E-state index in [0.29, 0.717) is 16.9 Å². The van der Waals surface area contributed by atoms with Crippen LogP contribution in [0.4, 0.5) is 0 Å². The predicted octanol–water partition coefficient (Wildman–Crippen LogP) is 9.73. The first kappa shape index (κ1) is 30.6. The summed E-state index contributed by atoms with van der Waals surface area (Å²) in [6, 6.07) is 23.5. The third kappa shape index (κ3) is 7.09. The molecule has 0 saturated heterocycles. The number of carbonyl (C=O) groups excluding carboxylic acids is 2. The summed E-state index contributed by atoms with van der Waals surface area (Å²) < 4.78 is 12.0. The zero-order valence-corrected chi connectivity index (χ0v) is 25.7. The summed E-state index contributed by atoms with van der Waals surface area (Å²) in [6.07, 6.45) is 8.45. The summed E-state index contributed by atoms with van der Waals surface area (Å²) in [7, 11) is 0. The maximum atomic E-state index is 13.1. The van der Waals surface area contributed by atoms with Gasteiger partial charge in [0.05, 0.1) is 5.56 Å². The molecule has 218 valence electrons. The highest BCUT2D eigenvalue weighted by Crippen LogP contribution is 2.45. The molecule has 0 spiro atoms. The number of esters is 1. The van der Waals surface area contributed by atoms with Gasteiger partial charge in [-0.15, -0.1) is 0 Å². The van der Waals surface area contributed by atoms with Crippen LogP contribution in [0.15, 0.2) is 72.8 Å². The monoisotopic (exact) mass is 554 g/mol. The number of ketones is 1. The molecule has 1 fully saturated rings. The first-order valence-corrected chi connectivity index (χ1v) is 15.3. The summed E-state index contributed by atoms with van der Waals surface area (Å²) in [5.74, 6) is 0.982. The van der Waals surface area contributed by atoms with E-state index in [0.717, 1.165) is 37.9 Å². The Kier molecular flexibility index (Phi) is 9.41. The normalized spacial score (nSPS) is 15.3. The van der Waals surface area contributed by atoms with Gasteiger partial charge in [0.25, 0.3) is 0 Å². The molecule has 4 nitrogen and oxygen atoms in total. The number of hydrogen-bond acceptors (Lipinski definition) is 4. The molecule has 0 amide bonds. The van der Waals surface area contributed by atoms with Crippen LogP contribution in [0, 0.1) is 5.41 Å². The van der Waals surface area contributed by atoms with E-state index in [2.05, 4.69) is 64.1 Å². The Balaban J connectivity index is 1.52. The standard InChI is InChI=1S/C37H46O4/c1-7-23-35(3,4)33(38)27-13-12-14-28(26-27)34(39)40-31-19-15-29(16-20-31)37(24-10-9-11-25-37)30-17-21-32(22-18-30)41-36(5,6)8-2/h12-22,26H,7-11,23-25H2,1-6H3. The molecule has 41 heavy (non-hydrogen) atoms. The van der Waals surface area contributed by atoms with Gasteiger partial charge in [0, 0.05) is 16.4 Å². The second-order valence-corrected chi connectivity index (χ2v) is 12.8. The fourth-order valence-corrected chi connectivity index (χ4v) is 6.06. The first-order valence-electron chi connectivity index (χ1n) is 15.3. The van der Waals surface area contributed by atoms with Crippen LogP contribution in [0.2, 0.25) is 0 Å². The van der Waals surface area contributed by atoms with Gasteiger partial charge in [-0.25, -0.2) is 4.79 Å². The van der Waals surface area contributed by atoms with E-state index in [4.69, 9.17) is 9.47 Å². The lowest BCUT2D eigenvalue weighted by molar-refractivity contribution is 0.0734. The number of carbonyl (C=O) groups is 2. The Morgan fingerprint density at radius 2 is 1.32 bits per heavy atom. The van der Waals surface area contributed by atoms with E-state index >= 15 is 0 Å². The molecule has 3 aromatic rings. The molecule has 1 saturated carbocycles. The zero-order valence-electron chi connectivity index (χ0n) is 25.7. The van der Waals surface area contributed by atoms with Crippen molar-refractivity contribution < 1.29 is 19.1 Å². The molecule has 4 heteroatoms. The van der Waals surface area contributed by atoms with Crippen LogP contribution >= 0.6 is 0 Å². The van der Waals surface area contributed by atoms with Gasteiger partial charge in [0.15, 0.2) is 5.78 Å². The van der Waals surface area contributed by atoms with Crippen molar-refractivity contribution in [1.82, 2.24) is 0 Å². The molecule has 0 N–H and O–H groups in total. The quantitative estimate of drug-likeness (QED) is 0.134. The van der Waals surface area contributed by atoms with E-state index in [1.165, 1.54) is 30.4 Å². The van der Waals surface area contributed by atoms with E-state index in [1.54, 1.807) is 24.3 Å². The van der Waals surface area contributed by atoms with E-state index < -0.39 is 11.4 Å². The summed E-state index contributed by atoms with van der Waals surface area (Å²) >= 11 is 0. The summed E-state index contributed by atoms with van der Waals surface area (Å²) in [4.78, 5) is 26.1. The molecule has 0 heterocycles. The minimum absolute atomic E-state index is 0.0461. The van der Waals surface area contributed by atoms with Gasteiger partial charge in [-0.05, 0) is 87.1 Å². The zero-order chi connectivity index (χ0) is 29.7. The van der Waals surface area contributed by atoms with Gasteiger partial charge in [0.1, 0.15) is 17.1 Å². The second-order valence-electron chi connectivity index (χ2n) is 12.8. The van der Waals surface area contributed by atoms with Crippen LogP contribution in [-0.4, -0.2) is 17.4 Å². The van der Waals surface area contributed by atoms with Crippen molar-refractivity contribution in [2.24, 2.45) is 5.41 Å². The fourth-order valence-electron chi connectivity index (χ4n) is 6.06. The molecule has 0 unspecified atom stereocenters. The van der Waals surface area contributed by atoms with Crippen molar-refractivity contribution in [3.63, 3.8) is 0 Å². The van der Waals surface area contributed by atoms with Gasteiger partial charge in [0.2, 0.25) is 0 Å². The van der Waals surface area contributed by atoms with Crippen molar-refractivity contribution >= 4 is 11.8 Å². The van der Waals surface area contributed by atoms with Crippen LogP contribution in [0.3, 0.4) is 0 Å². The topological polar surface area (TPSA) is 52.6 Å². The maximum absolute atomic E-state index is 13.1. The van der Waals surface area contributed by atoms with Crippen LogP contribution in [0.25, 0.3) is 0 Å². The molecule has 3 aromatic carbocycles. The number of rotatable bonds is 11. The summed E-state index contributed by atoms with van der Waals surface area (Å²) in [5.41, 5.74) is 2.73. The molecular weight excluding hydrogens is 508 g/mol. The Bertz CT molecular complexity index is 1330. The minimum atomic E-state index is -0.471. The molecule has 0 aliphatic heterocycles. The molecule has 0 radical (unpaired) electrons. The average Bonchev–Trinajstić information content (AvgIpc) is 2.97. The van der Waals surface area contributed by atoms with Crippen molar-refractivity contribution in [2.75, 3.05) is 0 Å².